The highest BCUT2D eigenvalue weighted by Crippen LogP contribution is 2.69. The van der Waals surface area contributed by atoms with Crippen LogP contribution in [0.25, 0.3) is 0 Å². The predicted molar refractivity (Wildman–Crippen MR) is 52.2 cm³/mol. The summed E-state index contributed by atoms with van der Waals surface area (Å²) < 4.78 is 5.83. The molecule has 0 aromatic carbocycles. The monoisotopic (exact) mass is 178 g/mol. The van der Waals surface area contributed by atoms with Gasteiger partial charge in [-0.15, -0.1) is 0 Å². The Bertz CT molecular complexity index is 300. The van der Waals surface area contributed by atoms with Crippen LogP contribution in [0.1, 0.15) is 40.0 Å². The second kappa shape index (κ2) is 1.97. The van der Waals surface area contributed by atoms with Crippen LogP contribution < -0.4 is 0 Å². The Morgan fingerprint density at radius 2 is 2.08 bits per heavy atom. The van der Waals surface area contributed by atoms with Crippen molar-refractivity contribution in [2.75, 3.05) is 6.61 Å². The lowest BCUT2D eigenvalue weighted by Gasteiger charge is -2.36. The molecular formula is C12H18O. The van der Waals surface area contributed by atoms with Crippen LogP contribution in [0, 0.1) is 16.7 Å². The third-order valence-electron chi connectivity index (χ3n) is 5.06. The summed E-state index contributed by atoms with van der Waals surface area (Å²) in [7, 11) is 0. The van der Waals surface area contributed by atoms with Crippen molar-refractivity contribution in [3.63, 3.8) is 0 Å². The molecule has 3 rings (SSSR count). The summed E-state index contributed by atoms with van der Waals surface area (Å²) in [6.45, 7) is 8.20. The molecule has 2 unspecified atom stereocenters. The van der Waals surface area contributed by atoms with Crippen molar-refractivity contribution >= 4 is 0 Å². The number of rotatable bonds is 0. The van der Waals surface area contributed by atoms with E-state index in [-0.39, 0.29) is 0 Å². The number of fused-ring (bicyclic) bond motifs is 4. The molecule has 1 fully saturated rings. The smallest absolute Gasteiger partial charge is 0.102 e. The van der Waals surface area contributed by atoms with E-state index in [0.717, 1.165) is 12.5 Å². The van der Waals surface area contributed by atoms with Crippen molar-refractivity contribution in [3.05, 3.63) is 11.3 Å². The Morgan fingerprint density at radius 1 is 1.31 bits per heavy atom. The van der Waals surface area contributed by atoms with Gasteiger partial charge < -0.3 is 4.74 Å². The maximum Gasteiger partial charge on any atom is 0.102 e. The summed E-state index contributed by atoms with van der Waals surface area (Å²) in [5.74, 6) is 2.21. The number of ether oxygens (including phenoxy) is 1. The van der Waals surface area contributed by atoms with E-state index >= 15 is 0 Å². The average Bonchev–Trinajstić information content (AvgIpc) is 2.63. The maximum absolute atomic E-state index is 5.83. The molecule has 1 aliphatic heterocycles. The Hall–Kier alpha value is -0.460. The minimum atomic E-state index is 0.365. The lowest BCUT2D eigenvalue weighted by Crippen LogP contribution is -2.31. The first kappa shape index (κ1) is 7.90. The first-order valence-electron chi connectivity index (χ1n) is 5.44. The van der Waals surface area contributed by atoms with Crippen LogP contribution in [0.2, 0.25) is 0 Å². The van der Waals surface area contributed by atoms with Gasteiger partial charge in [0, 0.05) is 11.8 Å². The zero-order valence-corrected chi connectivity index (χ0v) is 8.81. The quantitative estimate of drug-likeness (QED) is 0.554. The molecular weight excluding hydrogens is 160 g/mol. The van der Waals surface area contributed by atoms with Gasteiger partial charge in [0.2, 0.25) is 0 Å². The van der Waals surface area contributed by atoms with E-state index in [1.54, 1.807) is 5.57 Å². The second-order valence-corrected chi connectivity index (χ2v) is 5.60. The van der Waals surface area contributed by atoms with Gasteiger partial charge in [-0.05, 0) is 29.7 Å². The molecule has 2 aliphatic carbocycles. The summed E-state index contributed by atoms with van der Waals surface area (Å²) in [6, 6.07) is 0. The Kier molecular flexibility index (Phi) is 1.19. The highest BCUT2D eigenvalue weighted by Gasteiger charge is 2.62. The Morgan fingerprint density at radius 3 is 2.77 bits per heavy atom. The van der Waals surface area contributed by atoms with Gasteiger partial charge in [0.1, 0.15) is 5.76 Å². The molecule has 72 valence electrons. The first-order chi connectivity index (χ1) is 6.07. The molecule has 0 N–H and O–H groups in total. The van der Waals surface area contributed by atoms with Crippen LogP contribution in [0.15, 0.2) is 11.3 Å². The minimum Gasteiger partial charge on any atom is -0.497 e. The second-order valence-electron chi connectivity index (χ2n) is 5.60. The van der Waals surface area contributed by atoms with Gasteiger partial charge in [-0.25, -0.2) is 0 Å². The lowest BCUT2D eigenvalue weighted by molar-refractivity contribution is 0.0824. The number of allylic oxidation sites excluding steroid dienone is 1. The van der Waals surface area contributed by atoms with Crippen LogP contribution in [-0.2, 0) is 4.74 Å². The van der Waals surface area contributed by atoms with Gasteiger partial charge in [0.25, 0.3) is 0 Å². The van der Waals surface area contributed by atoms with Gasteiger partial charge in [-0.2, -0.15) is 0 Å². The molecule has 1 heterocycles. The van der Waals surface area contributed by atoms with E-state index in [9.17, 15) is 0 Å². The van der Waals surface area contributed by atoms with Gasteiger partial charge in [0.05, 0.1) is 6.61 Å². The maximum atomic E-state index is 5.83. The molecule has 1 saturated carbocycles. The van der Waals surface area contributed by atoms with Gasteiger partial charge in [-0.3, -0.25) is 0 Å². The Balaban J connectivity index is 2.17. The van der Waals surface area contributed by atoms with E-state index in [1.807, 2.05) is 0 Å². The third kappa shape index (κ3) is 0.639. The molecule has 2 bridgehead atoms. The number of hydrogen-bond donors (Lipinski definition) is 0. The van der Waals surface area contributed by atoms with Crippen molar-refractivity contribution < 1.29 is 4.74 Å². The summed E-state index contributed by atoms with van der Waals surface area (Å²) in [4.78, 5) is 0. The molecule has 3 aliphatic rings. The molecule has 0 radical (unpaired) electrons. The zero-order valence-electron chi connectivity index (χ0n) is 8.81. The standard InChI is InChI=1S/C12H18O/c1-11(2)9-4-6-12(11,3)10-8(9)5-7-13-10/h9H,4-7H2,1-3H3. The predicted octanol–water partition coefficient (Wildman–Crippen LogP) is 3.12. The van der Waals surface area contributed by atoms with E-state index in [1.165, 1.54) is 25.0 Å². The highest BCUT2D eigenvalue weighted by molar-refractivity contribution is 5.37. The van der Waals surface area contributed by atoms with Gasteiger partial charge in [0.15, 0.2) is 0 Å². The van der Waals surface area contributed by atoms with Crippen LogP contribution in [0.5, 0.6) is 0 Å². The van der Waals surface area contributed by atoms with Crippen LogP contribution in [-0.4, -0.2) is 6.61 Å². The van der Waals surface area contributed by atoms with E-state index in [0.29, 0.717) is 10.8 Å². The molecule has 13 heavy (non-hydrogen) atoms. The minimum absolute atomic E-state index is 0.365. The Labute approximate surface area is 80.2 Å². The zero-order chi connectivity index (χ0) is 9.27. The molecule has 1 nitrogen and oxygen atoms in total. The van der Waals surface area contributed by atoms with E-state index in [4.69, 9.17) is 4.74 Å². The normalized spacial score (nSPS) is 45.3. The molecule has 0 aromatic heterocycles. The molecule has 1 heteroatoms. The molecule has 0 amide bonds. The van der Waals surface area contributed by atoms with Gasteiger partial charge in [-0.1, -0.05) is 20.8 Å². The SMILES string of the molecule is CC12CCC(C3=C1OCC3)C2(C)C. The summed E-state index contributed by atoms with van der Waals surface area (Å²) >= 11 is 0. The lowest BCUT2D eigenvalue weighted by atomic mass is 9.69. The topological polar surface area (TPSA) is 9.23 Å². The molecule has 0 aromatic rings. The molecule has 2 atom stereocenters. The fraction of sp³-hybridized carbons (Fsp3) is 0.833. The molecule has 0 saturated heterocycles. The van der Waals surface area contributed by atoms with Crippen LogP contribution in [0.3, 0.4) is 0 Å². The van der Waals surface area contributed by atoms with Crippen molar-refractivity contribution in [1.29, 1.82) is 0 Å². The average molecular weight is 178 g/mol. The largest absolute Gasteiger partial charge is 0.497 e. The van der Waals surface area contributed by atoms with Gasteiger partial charge >= 0.3 is 0 Å². The van der Waals surface area contributed by atoms with Crippen LogP contribution >= 0.6 is 0 Å². The summed E-state index contributed by atoms with van der Waals surface area (Å²) in [6.07, 6.45) is 3.94. The third-order valence-corrected chi connectivity index (χ3v) is 5.06. The fourth-order valence-electron chi connectivity index (χ4n) is 3.83. The summed E-state index contributed by atoms with van der Waals surface area (Å²) in [5, 5.41) is 0. The van der Waals surface area contributed by atoms with Crippen molar-refractivity contribution in [2.45, 2.75) is 40.0 Å². The highest BCUT2D eigenvalue weighted by atomic mass is 16.5. The van der Waals surface area contributed by atoms with E-state index < -0.39 is 0 Å². The van der Waals surface area contributed by atoms with E-state index in [2.05, 4.69) is 20.8 Å². The van der Waals surface area contributed by atoms with Crippen molar-refractivity contribution in [3.8, 4) is 0 Å². The van der Waals surface area contributed by atoms with Crippen molar-refractivity contribution in [2.24, 2.45) is 16.7 Å². The number of hydrogen-bond acceptors (Lipinski definition) is 1. The van der Waals surface area contributed by atoms with Crippen LogP contribution in [0.4, 0.5) is 0 Å². The fourth-order valence-corrected chi connectivity index (χ4v) is 3.83. The summed E-state index contributed by atoms with van der Waals surface area (Å²) in [5.41, 5.74) is 2.49. The first-order valence-corrected chi connectivity index (χ1v) is 5.44. The van der Waals surface area contributed by atoms with Crippen molar-refractivity contribution in [1.82, 2.24) is 0 Å². The molecule has 0 spiro atoms.